The Morgan fingerprint density at radius 3 is 2.37 bits per heavy atom. The summed E-state index contributed by atoms with van der Waals surface area (Å²) in [5, 5.41) is 10.8. The molecule has 0 heterocycles. The summed E-state index contributed by atoms with van der Waals surface area (Å²) in [4.78, 5) is 12.1. The van der Waals surface area contributed by atoms with Gasteiger partial charge in [-0.2, -0.15) is 0 Å². The second-order valence-electron chi connectivity index (χ2n) is 5.93. The van der Waals surface area contributed by atoms with Crippen molar-refractivity contribution in [1.82, 2.24) is 0 Å². The number of rotatable bonds is 7. The Kier molecular flexibility index (Phi) is 6.84. The zero-order chi connectivity index (χ0) is 14.3. The molecule has 1 aliphatic rings. The zero-order valence-electron chi connectivity index (χ0n) is 12.8. The van der Waals surface area contributed by atoms with E-state index in [1.54, 1.807) is 0 Å². The van der Waals surface area contributed by atoms with Gasteiger partial charge in [0.1, 0.15) is 0 Å². The first kappa shape index (κ1) is 16.5. The molecule has 0 radical (unpaired) electrons. The molecular formula is C16H30O3. The summed E-state index contributed by atoms with van der Waals surface area (Å²) in [7, 11) is 0. The van der Waals surface area contributed by atoms with Gasteiger partial charge < -0.3 is 9.84 Å². The predicted molar refractivity (Wildman–Crippen MR) is 76.8 cm³/mol. The first-order chi connectivity index (χ1) is 9.07. The van der Waals surface area contributed by atoms with E-state index in [0.717, 1.165) is 44.4 Å². The van der Waals surface area contributed by atoms with Crippen LogP contribution in [0.2, 0.25) is 0 Å². The van der Waals surface area contributed by atoms with Crippen LogP contribution in [-0.4, -0.2) is 23.3 Å². The van der Waals surface area contributed by atoms with Crippen LogP contribution in [-0.2, 0) is 9.53 Å². The van der Waals surface area contributed by atoms with Crippen LogP contribution < -0.4 is 0 Å². The fraction of sp³-hybridized carbons (Fsp3) is 0.938. The summed E-state index contributed by atoms with van der Waals surface area (Å²) in [5.74, 6) is 0.190. The maximum absolute atomic E-state index is 12.1. The van der Waals surface area contributed by atoms with E-state index in [2.05, 4.69) is 13.8 Å². The largest absolute Gasteiger partial charge is 0.466 e. The third-order valence-corrected chi connectivity index (χ3v) is 4.47. The van der Waals surface area contributed by atoms with Crippen LogP contribution >= 0.6 is 0 Å². The summed E-state index contributed by atoms with van der Waals surface area (Å²) >= 11 is 0. The zero-order valence-corrected chi connectivity index (χ0v) is 12.8. The number of hydrogen-bond acceptors (Lipinski definition) is 3. The maximum Gasteiger partial charge on any atom is 0.311 e. The molecule has 0 saturated heterocycles. The van der Waals surface area contributed by atoms with Crippen molar-refractivity contribution in [2.45, 2.75) is 77.7 Å². The van der Waals surface area contributed by atoms with Crippen molar-refractivity contribution in [2.24, 2.45) is 11.8 Å². The molecule has 0 bridgehead atoms. The third-order valence-electron chi connectivity index (χ3n) is 4.47. The summed E-state index contributed by atoms with van der Waals surface area (Å²) in [6.45, 7) is 6.48. The molecular weight excluding hydrogens is 240 g/mol. The van der Waals surface area contributed by atoms with Crippen LogP contribution in [0.4, 0.5) is 0 Å². The van der Waals surface area contributed by atoms with Gasteiger partial charge in [-0.1, -0.05) is 33.1 Å². The molecule has 0 spiro atoms. The highest BCUT2D eigenvalue weighted by Gasteiger charge is 2.43. The third kappa shape index (κ3) is 4.48. The Balaban J connectivity index is 2.65. The summed E-state index contributed by atoms with van der Waals surface area (Å²) < 4.78 is 5.15. The summed E-state index contributed by atoms with van der Waals surface area (Å²) in [6.07, 6.45) is 7.68. The molecule has 0 aliphatic heterocycles. The lowest BCUT2D eigenvalue weighted by Gasteiger charge is -2.40. The van der Waals surface area contributed by atoms with Crippen LogP contribution in [0.25, 0.3) is 0 Å². The van der Waals surface area contributed by atoms with E-state index >= 15 is 0 Å². The average Bonchev–Trinajstić information content (AvgIpc) is 2.39. The van der Waals surface area contributed by atoms with Crippen LogP contribution in [0, 0.1) is 11.8 Å². The van der Waals surface area contributed by atoms with Crippen molar-refractivity contribution in [3.8, 4) is 0 Å². The van der Waals surface area contributed by atoms with Crippen molar-refractivity contribution in [2.75, 3.05) is 6.61 Å². The molecule has 1 rings (SSSR count). The lowest BCUT2D eigenvalue weighted by Crippen LogP contribution is -2.45. The lowest BCUT2D eigenvalue weighted by atomic mass is 9.70. The molecule has 0 aromatic heterocycles. The molecule has 1 saturated carbocycles. The van der Waals surface area contributed by atoms with E-state index in [9.17, 15) is 9.90 Å². The molecule has 1 aliphatic carbocycles. The quantitative estimate of drug-likeness (QED) is 0.718. The van der Waals surface area contributed by atoms with Crippen molar-refractivity contribution in [3.05, 3.63) is 0 Å². The fourth-order valence-corrected chi connectivity index (χ4v) is 3.36. The topological polar surface area (TPSA) is 46.5 Å². The molecule has 1 atom stereocenters. The van der Waals surface area contributed by atoms with E-state index in [1.807, 2.05) is 6.92 Å². The highest BCUT2D eigenvalue weighted by Crippen LogP contribution is 2.40. The molecule has 112 valence electrons. The molecule has 0 amide bonds. The Labute approximate surface area is 117 Å². The van der Waals surface area contributed by atoms with Gasteiger partial charge in [-0.05, 0) is 44.9 Å². The van der Waals surface area contributed by atoms with Crippen LogP contribution in [0.3, 0.4) is 0 Å². The van der Waals surface area contributed by atoms with E-state index < -0.39 is 5.60 Å². The predicted octanol–water partition coefficient (Wildman–Crippen LogP) is 3.69. The summed E-state index contributed by atoms with van der Waals surface area (Å²) in [5.41, 5.74) is -0.827. The highest BCUT2D eigenvalue weighted by molar-refractivity contribution is 5.73. The van der Waals surface area contributed by atoms with Crippen molar-refractivity contribution in [1.29, 1.82) is 0 Å². The first-order valence-corrected chi connectivity index (χ1v) is 7.96. The van der Waals surface area contributed by atoms with E-state index in [0.29, 0.717) is 6.61 Å². The number of hydrogen-bond donors (Lipinski definition) is 1. The molecule has 1 fully saturated rings. The fourth-order valence-electron chi connectivity index (χ4n) is 3.36. The van der Waals surface area contributed by atoms with Gasteiger partial charge in [0.2, 0.25) is 0 Å². The summed E-state index contributed by atoms with van der Waals surface area (Å²) in [6, 6.07) is 0. The molecule has 3 heteroatoms. The van der Waals surface area contributed by atoms with Gasteiger partial charge in [0.25, 0.3) is 0 Å². The van der Waals surface area contributed by atoms with Crippen LogP contribution in [0.5, 0.6) is 0 Å². The van der Waals surface area contributed by atoms with Crippen molar-refractivity contribution in [3.63, 3.8) is 0 Å². The standard InChI is InChI=1S/C16H30O3/c1-4-7-13-9-11-16(18,12-10-13)14(8-5-2)15(17)19-6-3/h13-14,18H,4-12H2,1-3H3. The first-order valence-electron chi connectivity index (χ1n) is 7.96. The van der Waals surface area contributed by atoms with Gasteiger partial charge in [0.05, 0.1) is 18.1 Å². The molecule has 1 unspecified atom stereocenters. The average molecular weight is 270 g/mol. The van der Waals surface area contributed by atoms with Gasteiger partial charge in [-0.25, -0.2) is 0 Å². The number of carbonyl (C=O) groups excluding carboxylic acids is 1. The van der Waals surface area contributed by atoms with Gasteiger partial charge >= 0.3 is 5.97 Å². The van der Waals surface area contributed by atoms with Crippen LogP contribution in [0.1, 0.15) is 72.1 Å². The Morgan fingerprint density at radius 2 is 1.89 bits per heavy atom. The molecule has 3 nitrogen and oxygen atoms in total. The number of esters is 1. The molecule has 0 aromatic carbocycles. The number of carbonyl (C=O) groups is 1. The van der Waals surface area contributed by atoms with Gasteiger partial charge in [-0.15, -0.1) is 0 Å². The lowest BCUT2D eigenvalue weighted by molar-refractivity contribution is -0.162. The van der Waals surface area contributed by atoms with Crippen molar-refractivity contribution < 1.29 is 14.6 Å². The molecule has 19 heavy (non-hydrogen) atoms. The minimum absolute atomic E-state index is 0.208. The smallest absolute Gasteiger partial charge is 0.311 e. The van der Waals surface area contributed by atoms with E-state index in [-0.39, 0.29) is 11.9 Å². The Bertz CT molecular complexity index is 267. The SMILES string of the molecule is CCCC1CCC(O)(C(CCC)C(=O)OCC)CC1. The van der Waals surface area contributed by atoms with Gasteiger partial charge in [-0.3, -0.25) is 4.79 Å². The van der Waals surface area contributed by atoms with Crippen LogP contribution in [0.15, 0.2) is 0 Å². The highest BCUT2D eigenvalue weighted by atomic mass is 16.5. The van der Waals surface area contributed by atoms with E-state index in [1.165, 1.54) is 12.8 Å². The molecule has 1 N–H and O–H groups in total. The Morgan fingerprint density at radius 1 is 1.26 bits per heavy atom. The monoisotopic (exact) mass is 270 g/mol. The van der Waals surface area contributed by atoms with Crippen molar-refractivity contribution >= 4 is 5.97 Å². The minimum Gasteiger partial charge on any atom is -0.466 e. The number of ether oxygens (including phenoxy) is 1. The Hall–Kier alpha value is -0.570. The normalized spacial score (nSPS) is 28.9. The molecule has 0 aromatic rings. The number of aliphatic hydroxyl groups is 1. The second kappa shape index (κ2) is 7.88. The second-order valence-corrected chi connectivity index (χ2v) is 5.93. The minimum atomic E-state index is -0.827. The maximum atomic E-state index is 12.1. The van der Waals surface area contributed by atoms with Gasteiger partial charge in [0, 0.05) is 0 Å². The van der Waals surface area contributed by atoms with Gasteiger partial charge in [0.15, 0.2) is 0 Å². The van der Waals surface area contributed by atoms with E-state index in [4.69, 9.17) is 4.74 Å².